The fraction of sp³-hybridized carbons (Fsp3) is 0. The molecule has 6 N–H and O–H groups in total. The molecule has 0 aliphatic heterocycles. The molecule has 137 valence electrons. The minimum absolute atomic E-state index is 0. The summed E-state index contributed by atoms with van der Waals surface area (Å²) in [6, 6.07) is 20.1. The lowest BCUT2D eigenvalue weighted by Crippen LogP contribution is -1.91. The fourth-order valence-electron chi connectivity index (χ4n) is 1.69. The lowest BCUT2D eigenvalue weighted by molar-refractivity contribution is 0.111. The molecule has 0 spiro atoms. The first-order chi connectivity index (χ1) is 12.5. The summed E-state index contributed by atoms with van der Waals surface area (Å²) in [6.45, 7) is 0. The van der Waals surface area contributed by atoms with Crippen molar-refractivity contribution in [1.82, 2.24) is 0 Å². The Hall–Kier alpha value is -3.27. The summed E-state index contributed by atoms with van der Waals surface area (Å²) in [7, 11) is 0. The van der Waals surface area contributed by atoms with Crippen molar-refractivity contribution >= 4 is 41.3 Å². The van der Waals surface area contributed by atoms with Crippen molar-refractivity contribution in [1.29, 1.82) is 0 Å². The number of nitrogens with two attached hydrogens (primary N) is 2. The van der Waals surface area contributed by atoms with Crippen molar-refractivity contribution in [2.24, 2.45) is 0 Å². The van der Waals surface area contributed by atoms with Crippen LogP contribution in [0, 0.1) is 0 Å². The summed E-state index contributed by atoms with van der Waals surface area (Å²) >= 11 is 0. The molecule has 27 heavy (non-hydrogen) atoms. The van der Waals surface area contributed by atoms with Gasteiger partial charge in [-0.1, -0.05) is 36.4 Å². The molecule has 0 saturated heterocycles. The van der Waals surface area contributed by atoms with Crippen molar-refractivity contribution in [3.05, 3.63) is 83.9 Å². The highest BCUT2D eigenvalue weighted by Crippen LogP contribution is 2.12. The molecule has 0 saturated carbocycles. The lowest BCUT2D eigenvalue weighted by atomic mass is 10.2. The number of nitrogen functional groups attached to an aromatic ring is 2. The Bertz CT molecular complexity index is 786. The highest BCUT2D eigenvalue weighted by atomic mass is 27.0. The normalized spacial score (nSPS) is 8.59. The maximum absolute atomic E-state index is 10.1. The third-order valence-corrected chi connectivity index (χ3v) is 3.12. The minimum Gasteiger partial charge on any atom is -0.507 e. The number of hydrogen-bond donors (Lipinski definition) is 4. The quantitative estimate of drug-likeness (QED) is 0.308. The molecule has 0 aliphatic carbocycles. The molecule has 7 heteroatoms. The van der Waals surface area contributed by atoms with E-state index in [4.69, 9.17) is 21.7 Å². The molecule has 0 aromatic heterocycles. The SMILES string of the molecule is Nc1ccccc1N.O=Cc1ccccc1O.O=Cc1ccccc1O.[Al]. The van der Waals surface area contributed by atoms with Crippen molar-refractivity contribution < 1.29 is 19.8 Å². The summed E-state index contributed by atoms with van der Waals surface area (Å²) in [6.07, 6.45) is 1.24. The van der Waals surface area contributed by atoms with Gasteiger partial charge >= 0.3 is 0 Å². The van der Waals surface area contributed by atoms with Gasteiger partial charge < -0.3 is 21.7 Å². The Morgan fingerprint density at radius 1 is 0.593 bits per heavy atom. The maximum Gasteiger partial charge on any atom is 0.153 e. The number of benzene rings is 3. The first kappa shape index (κ1) is 23.7. The third-order valence-electron chi connectivity index (χ3n) is 3.12. The van der Waals surface area contributed by atoms with Crippen LogP contribution in [0.4, 0.5) is 11.4 Å². The number of anilines is 2. The number of carbonyl (C=O) groups is 2. The van der Waals surface area contributed by atoms with Gasteiger partial charge in [0.05, 0.1) is 22.5 Å². The smallest absolute Gasteiger partial charge is 0.153 e. The molecule has 3 radical (unpaired) electrons. The zero-order chi connectivity index (χ0) is 19.4. The van der Waals surface area contributed by atoms with E-state index in [9.17, 15) is 9.59 Å². The van der Waals surface area contributed by atoms with E-state index in [1.165, 1.54) is 12.1 Å². The predicted molar refractivity (Wildman–Crippen MR) is 108 cm³/mol. The number of phenolic OH excluding ortho intramolecular Hbond substituents is 2. The first-order valence-corrected chi connectivity index (χ1v) is 7.56. The Morgan fingerprint density at radius 3 is 1.11 bits per heavy atom. The molecular formula is C20H20AlN2O4. The monoisotopic (exact) mass is 379 g/mol. The maximum atomic E-state index is 10.1. The van der Waals surface area contributed by atoms with Gasteiger partial charge in [0.15, 0.2) is 12.6 Å². The number of carbonyl (C=O) groups excluding carboxylic acids is 2. The van der Waals surface area contributed by atoms with E-state index in [0.717, 1.165) is 0 Å². The molecule has 0 aliphatic rings. The van der Waals surface area contributed by atoms with Gasteiger partial charge in [0, 0.05) is 17.4 Å². The fourth-order valence-corrected chi connectivity index (χ4v) is 1.69. The Balaban J connectivity index is 0.000000369. The van der Waals surface area contributed by atoms with Gasteiger partial charge in [-0.15, -0.1) is 0 Å². The zero-order valence-corrected chi connectivity index (χ0v) is 15.7. The molecule has 0 heterocycles. The summed E-state index contributed by atoms with van der Waals surface area (Å²) in [5, 5.41) is 17.8. The van der Waals surface area contributed by atoms with E-state index in [1.807, 2.05) is 12.1 Å². The average molecular weight is 379 g/mol. The molecule has 0 amide bonds. The van der Waals surface area contributed by atoms with Crippen LogP contribution in [0.15, 0.2) is 72.8 Å². The summed E-state index contributed by atoms with van der Waals surface area (Å²) < 4.78 is 0. The molecular weight excluding hydrogens is 359 g/mol. The molecule has 3 aromatic carbocycles. The van der Waals surface area contributed by atoms with E-state index in [-0.39, 0.29) is 28.9 Å². The van der Waals surface area contributed by atoms with Gasteiger partial charge in [-0.3, -0.25) is 9.59 Å². The second-order valence-electron chi connectivity index (χ2n) is 4.98. The van der Waals surface area contributed by atoms with Gasteiger partial charge in [0.25, 0.3) is 0 Å². The van der Waals surface area contributed by atoms with Crippen molar-refractivity contribution in [2.45, 2.75) is 0 Å². The first-order valence-electron chi connectivity index (χ1n) is 7.56. The van der Waals surface area contributed by atoms with Crippen LogP contribution < -0.4 is 11.5 Å². The number of para-hydroxylation sites is 4. The molecule has 0 atom stereocenters. The Kier molecular flexibility index (Phi) is 11.4. The van der Waals surface area contributed by atoms with E-state index >= 15 is 0 Å². The highest BCUT2D eigenvalue weighted by molar-refractivity contribution is 5.79. The lowest BCUT2D eigenvalue weighted by Gasteiger charge is -1.94. The number of hydrogen-bond acceptors (Lipinski definition) is 6. The van der Waals surface area contributed by atoms with Crippen LogP contribution >= 0.6 is 0 Å². The van der Waals surface area contributed by atoms with Gasteiger partial charge in [-0.2, -0.15) is 0 Å². The van der Waals surface area contributed by atoms with Gasteiger partial charge in [-0.25, -0.2) is 0 Å². The Morgan fingerprint density at radius 2 is 0.889 bits per heavy atom. The summed E-state index contributed by atoms with van der Waals surface area (Å²) in [5.74, 6) is 0.0694. The molecule has 0 bridgehead atoms. The van der Waals surface area contributed by atoms with Crippen molar-refractivity contribution in [3.63, 3.8) is 0 Å². The minimum atomic E-state index is 0. The van der Waals surface area contributed by atoms with Crippen LogP contribution in [-0.4, -0.2) is 40.1 Å². The second kappa shape index (κ2) is 13.0. The van der Waals surface area contributed by atoms with Crippen LogP contribution in [0.2, 0.25) is 0 Å². The molecule has 6 nitrogen and oxygen atoms in total. The topological polar surface area (TPSA) is 127 Å². The van der Waals surface area contributed by atoms with E-state index in [0.29, 0.717) is 35.1 Å². The van der Waals surface area contributed by atoms with Crippen LogP contribution in [0.1, 0.15) is 20.7 Å². The number of aromatic hydroxyl groups is 2. The highest BCUT2D eigenvalue weighted by Gasteiger charge is 1.94. The van der Waals surface area contributed by atoms with Gasteiger partial charge in [0.2, 0.25) is 0 Å². The summed E-state index contributed by atoms with van der Waals surface area (Å²) in [5.41, 5.74) is 12.7. The number of phenols is 2. The van der Waals surface area contributed by atoms with Crippen LogP contribution in [0.3, 0.4) is 0 Å². The van der Waals surface area contributed by atoms with Gasteiger partial charge in [0.1, 0.15) is 11.5 Å². The summed E-state index contributed by atoms with van der Waals surface area (Å²) in [4.78, 5) is 20.1. The Labute approximate surface area is 168 Å². The number of aldehydes is 2. The third kappa shape index (κ3) is 8.59. The predicted octanol–water partition coefficient (Wildman–Crippen LogP) is 2.88. The second-order valence-corrected chi connectivity index (χ2v) is 4.98. The standard InChI is InChI=1S/2C7H6O2.C6H8N2.Al/c2*8-5-6-3-1-2-4-7(6)9;7-5-3-1-2-4-6(5)8;/h2*1-5,9H;1-4H,7-8H2;. The van der Waals surface area contributed by atoms with Crippen LogP contribution in [0.5, 0.6) is 11.5 Å². The molecule has 3 rings (SSSR count). The molecule has 0 fully saturated rings. The van der Waals surface area contributed by atoms with E-state index in [2.05, 4.69) is 0 Å². The van der Waals surface area contributed by atoms with Crippen LogP contribution in [0.25, 0.3) is 0 Å². The van der Waals surface area contributed by atoms with Crippen LogP contribution in [-0.2, 0) is 0 Å². The average Bonchev–Trinajstić information content (AvgIpc) is 2.66. The zero-order valence-electron chi connectivity index (χ0n) is 14.5. The van der Waals surface area contributed by atoms with Gasteiger partial charge in [-0.05, 0) is 36.4 Å². The largest absolute Gasteiger partial charge is 0.507 e. The molecule has 0 unspecified atom stereocenters. The van der Waals surface area contributed by atoms with E-state index in [1.54, 1.807) is 48.5 Å². The molecule has 3 aromatic rings. The van der Waals surface area contributed by atoms with Crippen molar-refractivity contribution in [3.8, 4) is 11.5 Å². The van der Waals surface area contributed by atoms with Crippen molar-refractivity contribution in [2.75, 3.05) is 11.5 Å². The van der Waals surface area contributed by atoms with E-state index < -0.39 is 0 Å². The number of rotatable bonds is 2.